The van der Waals surface area contributed by atoms with Gasteiger partial charge in [-0.05, 0) is 31.9 Å². The lowest BCUT2D eigenvalue weighted by Gasteiger charge is -1.90. The van der Waals surface area contributed by atoms with Crippen molar-refractivity contribution in [2.24, 2.45) is 0 Å². The summed E-state index contributed by atoms with van der Waals surface area (Å²) in [7, 11) is 0. The van der Waals surface area contributed by atoms with Crippen molar-refractivity contribution in [1.29, 1.82) is 0 Å². The monoisotopic (exact) mass is 261 g/mol. The molecular formula is C5HBr2N3. The van der Waals surface area contributed by atoms with Crippen LogP contribution in [0.1, 0.15) is 0 Å². The van der Waals surface area contributed by atoms with Crippen LogP contribution in [-0.4, -0.2) is 9.97 Å². The quantitative estimate of drug-likeness (QED) is 0.673. The van der Waals surface area contributed by atoms with Crippen LogP contribution in [0.3, 0.4) is 0 Å². The van der Waals surface area contributed by atoms with Gasteiger partial charge in [0.1, 0.15) is 9.21 Å². The Bertz CT molecular complexity index is 291. The summed E-state index contributed by atoms with van der Waals surface area (Å²) in [6, 6.07) is 0. The highest BCUT2D eigenvalue weighted by atomic mass is 79.9. The second-order valence-corrected chi connectivity index (χ2v) is 2.98. The molecule has 0 saturated carbocycles. The Labute approximate surface area is 74.6 Å². The van der Waals surface area contributed by atoms with E-state index in [-0.39, 0.29) is 5.82 Å². The molecule has 1 heterocycles. The first-order valence-corrected chi connectivity index (χ1v) is 3.88. The maximum atomic E-state index is 6.63. The smallest absolute Gasteiger partial charge is 0.302 e. The zero-order chi connectivity index (χ0) is 7.56. The van der Waals surface area contributed by atoms with E-state index in [2.05, 4.69) is 46.7 Å². The molecule has 0 N–H and O–H groups in total. The van der Waals surface area contributed by atoms with E-state index in [1.807, 2.05) is 0 Å². The normalized spacial score (nSPS) is 8.90. The van der Waals surface area contributed by atoms with Crippen LogP contribution < -0.4 is 0 Å². The van der Waals surface area contributed by atoms with E-state index in [1.165, 1.54) is 6.20 Å². The van der Waals surface area contributed by atoms with Gasteiger partial charge in [0.25, 0.3) is 0 Å². The molecule has 0 spiro atoms. The predicted molar refractivity (Wildman–Crippen MR) is 43.7 cm³/mol. The highest BCUT2D eigenvalue weighted by Crippen LogP contribution is 2.21. The molecule has 1 rings (SSSR count). The minimum atomic E-state index is 0.281. The van der Waals surface area contributed by atoms with E-state index in [0.29, 0.717) is 9.21 Å². The van der Waals surface area contributed by atoms with Crippen molar-refractivity contribution in [3.63, 3.8) is 0 Å². The number of halogens is 2. The molecule has 0 amide bonds. The third-order valence-electron chi connectivity index (χ3n) is 0.789. The summed E-state index contributed by atoms with van der Waals surface area (Å²) in [5.41, 5.74) is 0. The highest BCUT2D eigenvalue weighted by Gasteiger charge is 2.01. The van der Waals surface area contributed by atoms with Crippen molar-refractivity contribution in [3.8, 4) is 0 Å². The second-order valence-electron chi connectivity index (χ2n) is 1.42. The van der Waals surface area contributed by atoms with Gasteiger partial charge in [-0.3, -0.25) is 0 Å². The van der Waals surface area contributed by atoms with Crippen molar-refractivity contribution >= 4 is 37.7 Å². The van der Waals surface area contributed by atoms with Crippen LogP contribution in [0.4, 0.5) is 5.82 Å². The fourth-order valence-corrected chi connectivity index (χ4v) is 1.32. The lowest BCUT2D eigenvalue weighted by atomic mass is 10.7. The number of hydrogen-bond acceptors (Lipinski definition) is 2. The van der Waals surface area contributed by atoms with Crippen molar-refractivity contribution < 1.29 is 0 Å². The molecule has 0 aromatic carbocycles. The summed E-state index contributed by atoms with van der Waals surface area (Å²) < 4.78 is 1.09. The molecule has 0 bridgehead atoms. The molecule has 0 aliphatic heterocycles. The Hall–Kier alpha value is -0.470. The summed E-state index contributed by atoms with van der Waals surface area (Å²) >= 11 is 6.21. The first kappa shape index (κ1) is 7.63. The number of aromatic nitrogens is 2. The Kier molecular flexibility index (Phi) is 2.35. The predicted octanol–water partition coefficient (Wildman–Crippen LogP) is 2.55. The van der Waals surface area contributed by atoms with E-state index in [4.69, 9.17) is 6.57 Å². The Morgan fingerprint density at radius 1 is 1.50 bits per heavy atom. The average molecular weight is 263 g/mol. The molecule has 50 valence electrons. The van der Waals surface area contributed by atoms with E-state index in [1.54, 1.807) is 0 Å². The van der Waals surface area contributed by atoms with Gasteiger partial charge in [-0.1, -0.05) is 6.57 Å². The van der Waals surface area contributed by atoms with Gasteiger partial charge in [0, 0.05) is 0 Å². The largest absolute Gasteiger partial charge is 0.358 e. The zero-order valence-corrected chi connectivity index (χ0v) is 7.85. The van der Waals surface area contributed by atoms with Gasteiger partial charge in [0.15, 0.2) is 6.20 Å². The Balaban J connectivity index is 3.23. The number of nitrogens with zero attached hydrogens (tertiary/aromatic N) is 3. The van der Waals surface area contributed by atoms with Crippen molar-refractivity contribution in [2.75, 3.05) is 0 Å². The molecule has 1 aromatic heterocycles. The first-order chi connectivity index (χ1) is 4.74. The van der Waals surface area contributed by atoms with Gasteiger partial charge in [0.2, 0.25) is 0 Å². The fourth-order valence-electron chi connectivity index (χ4n) is 0.415. The first-order valence-electron chi connectivity index (χ1n) is 2.29. The maximum Gasteiger partial charge on any atom is 0.302 e. The van der Waals surface area contributed by atoms with Gasteiger partial charge in [0.05, 0.1) is 0 Å². The van der Waals surface area contributed by atoms with Crippen molar-refractivity contribution in [1.82, 2.24) is 9.97 Å². The Morgan fingerprint density at radius 3 is 2.70 bits per heavy atom. The molecule has 5 heteroatoms. The van der Waals surface area contributed by atoms with Crippen LogP contribution in [0, 0.1) is 6.57 Å². The molecule has 3 nitrogen and oxygen atoms in total. The molecule has 0 atom stereocenters. The zero-order valence-electron chi connectivity index (χ0n) is 4.67. The van der Waals surface area contributed by atoms with E-state index < -0.39 is 0 Å². The van der Waals surface area contributed by atoms with Gasteiger partial charge in [-0.25, -0.2) is 4.98 Å². The van der Waals surface area contributed by atoms with Crippen LogP contribution in [0.5, 0.6) is 0 Å². The third-order valence-corrected chi connectivity index (χ3v) is 1.70. The number of hydrogen-bond donors (Lipinski definition) is 0. The number of rotatable bonds is 0. The maximum absolute atomic E-state index is 6.63. The van der Waals surface area contributed by atoms with Crippen LogP contribution >= 0.6 is 31.9 Å². The summed E-state index contributed by atoms with van der Waals surface area (Å²) in [4.78, 5) is 10.8. The van der Waals surface area contributed by atoms with Crippen molar-refractivity contribution in [3.05, 3.63) is 26.8 Å². The van der Waals surface area contributed by atoms with E-state index in [9.17, 15) is 0 Å². The summed E-state index contributed by atoms with van der Waals surface area (Å²) in [6.07, 6.45) is 1.48. The third kappa shape index (κ3) is 1.52. The summed E-state index contributed by atoms with van der Waals surface area (Å²) in [5.74, 6) is 0.281. The molecule has 0 unspecified atom stereocenters. The highest BCUT2D eigenvalue weighted by molar-refractivity contribution is 9.11. The van der Waals surface area contributed by atoms with Gasteiger partial charge in [-0.15, -0.1) is 4.98 Å². The van der Waals surface area contributed by atoms with Gasteiger partial charge in [-0.2, -0.15) is 0 Å². The van der Waals surface area contributed by atoms with Crippen LogP contribution in [0.15, 0.2) is 15.4 Å². The lowest BCUT2D eigenvalue weighted by molar-refractivity contribution is 1.15. The molecule has 10 heavy (non-hydrogen) atoms. The summed E-state index contributed by atoms with van der Waals surface area (Å²) in [5, 5.41) is 0. The lowest BCUT2D eigenvalue weighted by Crippen LogP contribution is -1.80. The van der Waals surface area contributed by atoms with Crippen LogP contribution in [0.2, 0.25) is 0 Å². The fraction of sp³-hybridized carbons (Fsp3) is 0. The minimum absolute atomic E-state index is 0.281. The molecule has 0 radical (unpaired) electrons. The minimum Gasteiger partial charge on any atom is -0.358 e. The molecule has 0 fully saturated rings. The van der Waals surface area contributed by atoms with Crippen LogP contribution in [-0.2, 0) is 0 Å². The molecular weight excluding hydrogens is 262 g/mol. The molecule has 0 aliphatic carbocycles. The standard InChI is InChI=1S/C5HBr2N3/c1-8-5-4(7)10-3(6)2-9-5/h2H. The van der Waals surface area contributed by atoms with Gasteiger partial charge >= 0.3 is 5.82 Å². The van der Waals surface area contributed by atoms with Crippen LogP contribution in [0.25, 0.3) is 4.85 Å². The molecule has 0 aliphatic rings. The van der Waals surface area contributed by atoms with E-state index in [0.717, 1.165) is 0 Å². The van der Waals surface area contributed by atoms with E-state index >= 15 is 0 Å². The molecule has 0 saturated heterocycles. The second kappa shape index (κ2) is 3.08. The topological polar surface area (TPSA) is 30.1 Å². The Morgan fingerprint density at radius 2 is 2.20 bits per heavy atom. The summed E-state index contributed by atoms with van der Waals surface area (Å²) in [6.45, 7) is 6.63. The SMILES string of the molecule is [C-]#[N+]c1ncc(Br)nc1Br. The van der Waals surface area contributed by atoms with Crippen molar-refractivity contribution in [2.45, 2.75) is 0 Å². The molecule has 1 aromatic rings. The average Bonchev–Trinajstić information content (AvgIpc) is 1.88. The van der Waals surface area contributed by atoms with Gasteiger partial charge < -0.3 is 4.85 Å².